The Hall–Kier alpha value is -2.38. The van der Waals surface area contributed by atoms with Crippen molar-refractivity contribution in [1.29, 1.82) is 0 Å². The lowest BCUT2D eigenvalue weighted by Gasteiger charge is -2.27. The smallest absolute Gasteiger partial charge is 0.280 e. The molecule has 0 aromatic heterocycles. The molecule has 0 radical (unpaired) electrons. The number of hydrogen-bond donors (Lipinski definition) is 1. The zero-order valence-corrected chi connectivity index (χ0v) is 15.9. The number of nitrogens with one attached hydrogen (secondary N) is 1. The van der Waals surface area contributed by atoms with Crippen LogP contribution in [-0.2, 0) is 14.8 Å². The average Bonchev–Trinajstić information content (AvgIpc) is 2.57. The zero-order chi connectivity index (χ0) is 18.9. The van der Waals surface area contributed by atoms with Crippen molar-refractivity contribution < 1.29 is 13.2 Å². The summed E-state index contributed by atoms with van der Waals surface area (Å²) in [5.41, 5.74) is 1.61. The number of benzene rings is 2. The molecule has 0 saturated carbocycles. The highest BCUT2D eigenvalue weighted by Crippen LogP contribution is 2.30. The molecule has 0 atom stereocenters. The number of carbonyl (C=O) groups excluding carboxylic acids is 1. The van der Waals surface area contributed by atoms with Crippen LogP contribution in [0.15, 0.2) is 58.5 Å². The van der Waals surface area contributed by atoms with Gasteiger partial charge in [0.25, 0.3) is 10.0 Å². The van der Waals surface area contributed by atoms with Gasteiger partial charge < -0.3 is 5.32 Å². The third-order valence-electron chi connectivity index (χ3n) is 3.74. The minimum Gasteiger partial charge on any atom is -0.352 e. The van der Waals surface area contributed by atoms with Gasteiger partial charge in [-0.2, -0.15) is 17.9 Å². The van der Waals surface area contributed by atoms with Gasteiger partial charge in [0.15, 0.2) is 0 Å². The van der Waals surface area contributed by atoms with Gasteiger partial charge in [-0.1, -0.05) is 41.9 Å². The average molecular weight is 392 g/mol. The highest BCUT2D eigenvalue weighted by atomic mass is 35.5. The Bertz CT molecular complexity index is 972. The molecule has 8 heteroatoms. The molecule has 2 aromatic rings. The highest BCUT2D eigenvalue weighted by Gasteiger charge is 2.34. The lowest BCUT2D eigenvalue weighted by molar-refractivity contribution is -0.121. The molecule has 0 spiro atoms. The maximum Gasteiger partial charge on any atom is 0.280 e. The summed E-state index contributed by atoms with van der Waals surface area (Å²) in [5, 5.41) is 7.37. The lowest BCUT2D eigenvalue weighted by Crippen LogP contribution is -2.42. The Morgan fingerprint density at radius 1 is 1.19 bits per heavy atom. The van der Waals surface area contributed by atoms with E-state index in [9.17, 15) is 13.2 Å². The first-order valence-electron chi connectivity index (χ1n) is 8.05. The van der Waals surface area contributed by atoms with Gasteiger partial charge in [0.2, 0.25) is 5.91 Å². The van der Waals surface area contributed by atoms with E-state index in [0.29, 0.717) is 16.3 Å². The van der Waals surface area contributed by atoms with E-state index < -0.39 is 15.9 Å². The molecule has 0 bridgehead atoms. The van der Waals surface area contributed by atoms with Crippen LogP contribution >= 0.6 is 11.6 Å². The molecule has 136 valence electrons. The Balaban J connectivity index is 2.12. The Morgan fingerprint density at radius 3 is 2.54 bits per heavy atom. The molecule has 0 fully saturated rings. The van der Waals surface area contributed by atoms with Crippen molar-refractivity contribution in [1.82, 2.24) is 9.73 Å². The van der Waals surface area contributed by atoms with Gasteiger partial charge in [-0.3, -0.25) is 4.79 Å². The van der Waals surface area contributed by atoms with Crippen LogP contribution in [0.5, 0.6) is 0 Å². The minimum atomic E-state index is -3.95. The second-order valence-corrected chi connectivity index (χ2v) is 8.41. The molecule has 6 nitrogen and oxygen atoms in total. The Labute approximate surface area is 157 Å². The van der Waals surface area contributed by atoms with Crippen LogP contribution in [0.4, 0.5) is 0 Å². The van der Waals surface area contributed by atoms with Gasteiger partial charge in [-0.05, 0) is 32.0 Å². The van der Waals surface area contributed by atoms with Gasteiger partial charge in [0, 0.05) is 22.2 Å². The molecule has 26 heavy (non-hydrogen) atoms. The molecule has 1 heterocycles. The van der Waals surface area contributed by atoms with E-state index in [1.165, 1.54) is 12.1 Å². The van der Waals surface area contributed by atoms with Crippen molar-refractivity contribution in [3.05, 3.63) is 64.7 Å². The van der Waals surface area contributed by atoms with E-state index in [2.05, 4.69) is 10.4 Å². The number of carbonyl (C=O) groups is 1. The summed E-state index contributed by atoms with van der Waals surface area (Å²) in [6.07, 6.45) is 0. The van der Waals surface area contributed by atoms with E-state index in [-0.39, 0.29) is 17.5 Å². The molecule has 1 aliphatic heterocycles. The fourth-order valence-corrected chi connectivity index (χ4v) is 4.21. The molecule has 0 aliphatic carbocycles. The van der Waals surface area contributed by atoms with Crippen molar-refractivity contribution in [2.75, 3.05) is 6.54 Å². The van der Waals surface area contributed by atoms with Gasteiger partial charge in [0.05, 0.1) is 4.90 Å². The summed E-state index contributed by atoms with van der Waals surface area (Å²) in [4.78, 5) is 12.2. The second-order valence-electron chi connectivity index (χ2n) is 6.16. The van der Waals surface area contributed by atoms with Crippen LogP contribution in [-0.4, -0.2) is 37.0 Å². The Morgan fingerprint density at radius 2 is 1.88 bits per heavy atom. The van der Waals surface area contributed by atoms with Crippen molar-refractivity contribution in [2.24, 2.45) is 5.10 Å². The van der Waals surface area contributed by atoms with Crippen LogP contribution < -0.4 is 5.32 Å². The number of fused-ring (bicyclic) bond motifs is 1. The monoisotopic (exact) mass is 391 g/mol. The topological polar surface area (TPSA) is 78.8 Å². The standard InChI is InChI=1S/C18H18ClN3O3S/c1-12(2)20-17(23)11-22-21-18(13-6-4-3-5-7-13)15-10-14(19)8-9-16(15)26(22,24)25/h3-10,12H,11H2,1-2H3,(H,20,23). The number of amides is 1. The molecule has 1 N–H and O–H groups in total. The number of hydrogen-bond acceptors (Lipinski definition) is 4. The summed E-state index contributed by atoms with van der Waals surface area (Å²) in [5.74, 6) is -0.419. The Kier molecular flexibility index (Phi) is 5.02. The molecular formula is C18H18ClN3O3S. The highest BCUT2D eigenvalue weighted by molar-refractivity contribution is 7.89. The number of halogens is 1. The van der Waals surface area contributed by atoms with Crippen molar-refractivity contribution in [3.63, 3.8) is 0 Å². The third kappa shape index (κ3) is 3.59. The molecule has 3 rings (SSSR count). The zero-order valence-electron chi connectivity index (χ0n) is 14.3. The van der Waals surface area contributed by atoms with Crippen molar-refractivity contribution >= 4 is 33.2 Å². The largest absolute Gasteiger partial charge is 0.352 e. The molecule has 1 aliphatic rings. The first-order chi connectivity index (χ1) is 12.3. The normalized spacial score (nSPS) is 15.4. The summed E-state index contributed by atoms with van der Waals surface area (Å²) in [7, 11) is -3.95. The molecular weight excluding hydrogens is 374 g/mol. The van der Waals surface area contributed by atoms with Crippen LogP contribution in [0, 0.1) is 0 Å². The van der Waals surface area contributed by atoms with E-state index in [4.69, 9.17) is 11.6 Å². The first kappa shape index (κ1) is 18.4. The fraction of sp³-hybridized carbons (Fsp3) is 0.222. The van der Waals surface area contributed by atoms with Gasteiger partial charge >= 0.3 is 0 Å². The maximum atomic E-state index is 12.9. The summed E-state index contributed by atoms with van der Waals surface area (Å²) >= 11 is 6.07. The van der Waals surface area contributed by atoms with Crippen LogP contribution in [0.2, 0.25) is 5.02 Å². The number of rotatable bonds is 4. The minimum absolute atomic E-state index is 0.0769. The quantitative estimate of drug-likeness (QED) is 0.870. The second kappa shape index (κ2) is 7.09. The van der Waals surface area contributed by atoms with E-state index >= 15 is 0 Å². The molecule has 0 saturated heterocycles. The van der Waals surface area contributed by atoms with Crippen LogP contribution in [0.1, 0.15) is 25.0 Å². The SMILES string of the molecule is CC(C)NC(=O)CN1N=C(c2ccccc2)c2cc(Cl)ccc2S1(=O)=O. The van der Waals surface area contributed by atoms with Gasteiger partial charge in [-0.15, -0.1) is 0 Å². The summed E-state index contributed by atoms with van der Waals surface area (Å²) < 4.78 is 26.7. The summed E-state index contributed by atoms with van der Waals surface area (Å²) in [6, 6.07) is 13.6. The predicted molar refractivity (Wildman–Crippen MR) is 101 cm³/mol. The summed E-state index contributed by atoms with van der Waals surface area (Å²) in [6.45, 7) is 3.22. The number of sulfonamides is 1. The maximum absolute atomic E-state index is 12.9. The van der Waals surface area contributed by atoms with E-state index in [1.54, 1.807) is 19.9 Å². The van der Waals surface area contributed by atoms with Crippen LogP contribution in [0.3, 0.4) is 0 Å². The van der Waals surface area contributed by atoms with Crippen LogP contribution in [0.25, 0.3) is 0 Å². The number of nitrogens with zero attached hydrogens (tertiary/aromatic N) is 2. The van der Waals surface area contributed by atoms with Crippen molar-refractivity contribution in [3.8, 4) is 0 Å². The lowest BCUT2D eigenvalue weighted by atomic mass is 10.0. The van der Waals surface area contributed by atoms with E-state index in [1.807, 2.05) is 30.3 Å². The van der Waals surface area contributed by atoms with Crippen molar-refractivity contribution in [2.45, 2.75) is 24.8 Å². The molecule has 0 unspecified atom stereocenters. The predicted octanol–water partition coefficient (Wildman–Crippen LogP) is 2.62. The fourth-order valence-electron chi connectivity index (χ4n) is 2.66. The first-order valence-corrected chi connectivity index (χ1v) is 9.87. The van der Waals surface area contributed by atoms with Gasteiger partial charge in [-0.25, -0.2) is 0 Å². The van der Waals surface area contributed by atoms with Gasteiger partial charge in [0.1, 0.15) is 12.3 Å². The van der Waals surface area contributed by atoms with E-state index in [0.717, 1.165) is 9.98 Å². The molecule has 2 aromatic carbocycles. The third-order valence-corrected chi connectivity index (χ3v) is 5.65. The number of hydrazone groups is 1. The molecule has 1 amide bonds.